The van der Waals surface area contributed by atoms with E-state index in [1.54, 1.807) is 43.3 Å². The summed E-state index contributed by atoms with van der Waals surface area (Å²) in [6.45, 7) is 2.18. The maximum atomic E-state index is 12.5. The van der Waals surface area contributed by atoms with Gasteiger partial charge in [-0.2, -0.15) is 0 Å². The van der Waals surface area contributed by atoms with Gasteiger partial charge in [0.2, 0.25) is 10.0 Å². The molecular formula is C16H18N2O4S2. The van der Waals surface area contributed by atoms with Gasteiger partial charge in [0, 0.05) is 6.54 Å². The molecule has 0 atom stereocenters. The maximum absolute atomic E-state index is 12.5. The van der Waals surface area contributed by atoms with E-state index in [4.69, 9.17) is 0 Å². The van der Waals surface area contributed by atoms with Gasteiger partial charge in [-0.15, -0.1) is 0 Å². The number of benzene rings is 2. The molecule has 0 bridgehead atoms. The lowest BCUT2D eigenvalue weighted by atomic mass is 10.2. The van der Waals surface area contributed by atoms with E-state index in [1.165, 1.54) is 16.4 Å². The molecule has 128 valence electrons. The van der Waals surface area contributed by atoms with E-state index in [2.05, 4.69) is 4.72 Å². The van der Waals surface area contributed by atoms with Crippen LogP contribution in [0.3, 0.4) is 0 Å². The molecule has 1 heterocycles. The molecule has 0 aromatic heterocycles. The molecule has 24 heavy (non-hydrogen) atoms. The Hall–Kier alpha value is -2.06. The molecular weight excluding hydrogens is 348 g/mol. The van der Waals surface area contributed by atoms with Crippen molar-refractivity contribution in [3.8, 4) is 0 Å². The van der Waals surface area contributed by atoms with Crippen molar-refractivity contribution in [3.05, 3.63) is 54.1 Å². The van der Waals surface area contributed by atoms with Gasteiger partial charge in [-0.25, -0.2) is 16.8 Å². The molecule has 8 heteroatoms. The summed E-state index contributed by atoms with van der Waals surface area (Å²) >= 11 is 0. The monoisotopic (exact) mass is 366 g/mol. The average Bonchev–Trinajstić information content (AvgIpc) is 2.89. The lowest BCUT2D eigenvalue weighted by Gasteiger charge is -2.19. The van der Waals surface area contributed by atoms with Gasteiger partial charge in [0.25, 0.3) is 10.0 Å². The highest BCUT2D eigenvalue weighted by molar-refractivity contribution is 7.93. The molecule has 1 aliphatic heterocycles. The first-order valence-corrected chi connectivity index (χ1v) is 10.6. The second kappa shape index (κ2) is 6.10. The SMILES string of the molecule is Cc1ccc(N2CCCS2(=O)=O)cc1NS(=O)(=O)c1ccccc1. The van der Waals surface area contributed by atoms with Crippen molar-refractivity contribution in [2.24, 2.45) is 0 Å². The molecule has 0 spiro atoms. The Kier molecular flexibility index (Phi) is 4.27. The number of aryl methyl sites for hydroxylation is 1. The van der Waals surface area contributed by atoms with Gasteiger partial charge in [0.1, 0.15) is 0 Å². The predicted octanol–water partition coefficient (Wildman–Crippen LogP) is 2.34. The minimum absolute atomic E-state index is 0.117. The van der Waals surface area contributed by atoms with E-state index in [1.807, 2.05) is 0 Å². The van der Waals surface area contributed by atoms with E-state index in [-0.39, 0.29) is 10.6 Å². The number of anilines is 2. The minimum Gasteiger partial charge on any atom is -0.279 e. The van der Waals surface area contributed by atoms with Crippen LogP contribution in [0.2, 0.25) is 0 Å². The summed E-state index contributed by atoms with van der Waals surface area (Å²) in [5.74, 6) is 0.117. The highest BCUT2D eigenvalue weighted by Crippen LogP contribution is 2.29. The zero-order chi connectivity index (χ0) is 17.4. The van der Waals surface area contributed by atoms with Crippen molar-refractivity contribution in [3.63, 3.8) is 0 Å². The zero-order valence-electron chi connectivity index (χ0n) is 13.1. The molecule has 0 amide bonds. The number of sulfonamides is 2. The van der Waals surface area contributed by atoms with Crippen LogP contribution in [0.1, 0.15) is 12.0 Å². The van der Waals surface area contributed by atoms with E-state index < -0.39 is 20.0 Å². The summed E-state index contributed by atoms with van der Waals surface area (Å²) in [6, 6.07) is 13.0. The summed E-state index contributed by atoms with van der Waals surface area (Å²) in [5.41, 5.74) is 1.57. The van der Waals surface area contributed by atoms with Gasteiger partial charge in [0.05, 0.1) is 22.0 Å². The third-order valence-corrected chi connectivity index (χ3v) is 7.16. The van der Waals surface area contributed by atoms with Crippen LogP contribution in [0, 0.1) is 6.92 Å². The summed E-state index contributed by atoms with van der Waals surface area (Å²) in [4.78, 5) is 0.156. The zero-order valence-corrected chi connectivity index (χ0v) is 14.8. The van der Waals surface area contributed by atoms with Gasteiger partial charge < -0.3 is 0 Å². The van der Waals surface area contributed by atoms with E-state index in [9.17, 15) is 16.8 Å². The molecule has 1 aliphatic rings. The molecule has 1 saturated heterocycles. The van der Waals surface area contributed by atoms with E-state index >= 15 is 0 Å². The van der Waals surface area contributed by atoms with Crippen molar-refractivity contribution in [2.75, 3.05) is 21.3 Å². The van der Waals surface area contributed by atoms with Crippen LogP contribution in [-0.2, 0) is 20.0 Å². The first-order valence-electron chi connectivity index (χ1n) is 7.48. The fourth-order valence-electron chi connectivity index (χ4n) is 2.61. The van der Waals surface area contributed by atoms with Crippen molar-refractivity contribution in [2.45, 2.75) is 18.2 Å². The van der Waals surface area contributed by atoms with Crippen LogP contribution in [0.4, 0.5) is 11.4 Å². The van der Waals surface area contributed by atoms with Gasteiger partial charge in [-0.3, -0.25) is 9.03 Å². The fourth-order valence-corrected chi connectivity index (χ4v) is 5.31. The number of nitrogens with zero attached hydrogens (tertiary/aromatic N) is 1. The van der Waals surface area contributed by atoms with Crippen molar-refractivity contribution in [1.82, 2.24) is 0 Å². The van der Waals surface area contributed by atoms with Crippen LogP contribution in [-0.4, -0.2) is 29.1 Å². The van der Waals surface area contributed by atoms with Crippen LogP contribution in [0.15, 0.2) is 53.4 Å². The molecule has 1 N–H and O–H groups in total. The highest BCUT2D eigenvalue weighted by Gasteiger charge is 2.29. The molecule has 0 radical (unpaired) electrons. The van der Waals surface area contributed by atoms with Crippen LogP contribution in [0.25, 0.3) is 0 Å². The van der Waals surface area contributed by atoms with Crippen LogP contribution in [0.5, 0.6) is 0 Å². The first kappa shape index (κ1) is 16.8. The fraction of sp³-hybridized carbons (Fsp3) is 0.250. The van der Waals surface area contributed by atoms with E-state index in [0.29, 0.717) is 24.3 Å². The Labute approximate surface area is 142 Å². The van der Waals surface area contributed by atoms with Crippen molar-refractivity contribution < 1.29 is 16.8 Å². The molecule has 0 saturated carbocycles. The number of rotatable bonds is 4. The number of nitrogens with one attached hydrogen (secondary N) is 1. The molecule has 3 rings (SSSR count). The molecule has 2 aromatic rings. The Morgan fingerprint density at radius 3 is 2.42 bits per heavy atom. The Morgan fingerprint density at radius 1 is 1.08 bits per heavy atom. The Morgan fingerprint density at radius 2 is 1.79 bits per heavy atom. The van der Waals surface area contributed by atoms with Gasteiger partial charge in [0.15, 0.2) is 0 Å². The van der Waals surface area contributed by atoms with Gasteiger partial charge in [-0.05, 0) is 43.2 Å². The van der Waals surface area contributed by atoms with E-state index in [0.717, 1.165) is 5.56 Å². The second-order valence-corrected chi connectivity index (χ2v) is 9.35. The lowest BCUT2D eigenvalue weighted by molar-refractivity contribution is 0.598. The van der Waals surface area contributed by atoms with Gasteiger partial charge in [-0.1, -0.05) is 24.3 Å². The highest BCUT2D eigenvalue weighted by atomic mass is 32.2. The average molecular weight is 366 g/mol. The normalized spacial score (nSPS) is 17.0. The maximum Gasteiger partial charge on any atom is 0.261 e. The molecule has 2 aromatic carbocycles. The molecule has 6 nitrogen and oxygen atoms in total. The quantitative estimate of drug-likeness (QED) is 0.900. The number of hydrogen-bond donors (Lipinski definition) is 1. The Balaban J connectivity index is 1.96. The van der Waals surface area contributed by atoms with Crippen molar-refractivity contribution in [1.29, 1.82) is 0 Å². The summed E-state index contributed by atoms with van der Waals surface area (Å²) < 4.78 is 52.9. The lowest BCUT2D eigenvalue weighted by Crippen LogP contribution is -2.25. The molecule has 0 unspecified atom stereocenters. The van der Waals surface area contributed by atoms with Gasteiger partial charge >= 0.3 is 0 Å². The van der Waals surface area contributed by atoms with Crippen molar-refractivity contribution >= 4 is 31.4 Å². The molecule has 0 aliphatic carbocycles. The second-order valence-electron chi connectivity index (χ2n) is 5.66. The number of hydrogen-bond acceptors (Lipinski definition) is 4. The molecule has 1 fully saturated rings. The first-order chi connectivity index (χ1) is 11.3. The summed E-state index contributed by atoms with van der Waals surface area (Å²) in [6.07, 6.45) is 0.571. The summed E-state index contributed by atoms with van der Waals surface area (Å²) in [7, 11) is -7.03. The topological polar surface area (TPSA) is 83.6 Å². The summed E-state index contributed by atoms with van der Waals surface area (Å²) in [5, 5.41) is 0. The standard InChI is InChI=1S/C16H18N2O4S2/c1-13-8-9-14(18-10-5-11-23(18,19)20)12-16(13)17-24(21,22)15-6-3-2-4-7-15/h2-4,6-9,12,17H,5,10-11H2,1H3. The van der Waals surface area contributed by atoms with Crippen LogP contribution >= 0.6 is 0 Å². The predicted molar refractivity (Wildman–Crippen MR) is 94.2 cm³/mol. The largest absolute Gasteiger partial charge is 0.279 e. The minimum atomic E-state index is -3.72. The smallest absolute Gasteiger partial charge is 0.261 e. The third kappa shape index (κ3) is 3.25. The third-order valence-electron chi connectivity index (χ3n) is 3.91. The van der Waals surface area contributed by atoms with Crippen LogP contribution < -0.4 is 9.03 Å². The Bertz CT molecular complexity index is 955.